The van der Waals surface area contributed by atoms with Gasteiger partial charge in [0.15, 0.2) is 0 Å². The minimum atomic E-state index is -0.681. The highest BCUT2D eigenvalue weighted by molar-refractivity contribution is 5.80. The highest BCUT2D eigenvalue weighted by Gasteiger charge is 2.29. The van der Waals surface area contributed by atoms with Crippen LogP contribution in [-0.2, 0) is 4.79 Å². The summed E-state index contributed by atoms with van der Waals surface area (Å²) in [5.41, 5.74) is 0.917. The van der Waals surface area contributed by atoms with Gasteiger partial charge >= 0.3 is 0 Å². The van der Waals surface area contributed by atoms with E-state index in [1.54, 1.807) is 25.1 Å². The van der Waals surface area contributed by atoms with Gasteiger partial charge in [-0.3, -0.25) is 9.59 Å². The molecule has 1 aromatic carbocycles. The van der Waals surface area contributed by atoms with E-state index in [4.69, 9.17) is 0 Å². The minimum Gasteiger partial charge on any atom is -0.338 e. The Balaban J connectivity index is 1.87. The second kappa shape index (κ2) is 8.46. The lowest BCUT2D eigenvalue weighted by Gasteiger charge is -2.35. The van der Waals surface area contributed by atoms with Crippen LogP contribution < -0.4 is 5.56 Å². The monoisotopic (exact) mass is 371 g/mol. The number of carbonyl (C=O) groups excluding carboxylic acids is 1. The molecule has 27 heavy (non-hydrogen) atoms. The fourth-order valence-electron chi connectivity index (χ4n) is 3.81. The van der Waals surface area contributed by atoms with E-state index in [1.165, 1.54) is 29.3 Å². The van der Waals surface area contributed by atoms with Crippen LogP contribution >= 0.6 is 0 Å². The molecule has 1 aliphatic rings. The van der Waals surface area contributed by atoms with Crippen molar-refractivity contribution in [1.29, 1.82) is 0 Å². The van der Waals surface area contributed by atoms with Crippen LogP contribution in [0.2, 0.25) is 0 Å². The van der Waals surface area contributed by atoms with Crippen molar-refractivity contribution in [2.45, 2.75) is 58.0 Å². The molecule has 0 saturated heterocycles. The van der Waals surface area contributed by atoms with Gasteiger partial charge in [-0.1, -0.05) is 19.3 Å². The first-order valence-electron chi connectivity index (χ1n) is 9.67. The number of halogens is 1. The van der Waals surface area contributed by atoms with Crippen LogP contribution in [0.3, 0.4) is 0 Å². The number of rotatable bonds is 5. The van der Waals surface area contributed by atoms with Crippen molar-refractivity contribution in [2.75, 3.05) is 6.54 Å². The molecule has 1 aliphatic carbocycles. The Labute approximate surface area is 158 Å². The molecular weight excluding hydrogens is 345 g/mol. The SMILES string of the molecule is CCN(C(=O)C(C)n1nc(-c2ccc(F)cc2)ccc1=O)C1CCCCC1. The number of aromatic nitrogens is 2. The Bertz CT molecular complexity index is 841. The predicted molar refractivity (Wildman–Crippen MR) is 103 cm³/mol. The average Bonchev–Trinajstić information content (AvgIpc) is 2.70. The molecule has 2 aromatic rings. The van der Waals surface area contributed by atoms with E-state index in [0.717, 1.165) is 25.7 Å². The van der Waals surface area contributed by atoms with Gasteiger partial charge in [-0.2, -0.15) is 5.10 Å². The van der Waals surface area contributed by atoms with E-state index in [2.05, 4.69) is 5.10 Å². The summed E-state index contributed by atoms with van der Waals surface area (Å²) in [4.78, 5) is 27.3. The van der Waals surface area contributed by atoms with Gasteiger partial charge in [-0.05, 0) is 57.0 Å². The summed E-state index contributed by atoms with van der Waals surface area (Å²) in [5.74, 6) is -0.406. The summed E-state index contributed by atoms with van der Waals surface area (Å²) >= 11 is 0. The van der Waals surface area contributed by atoms with Crippen LogP contribution in [0.1, 0.15) is 52.0 Å². The largest absolute Gasteiger partial charge is 0.338 e. The third kappa shape index (κ3) is 4.26. The molecule has 0 bridgehead atoms. The number of hydrogen-bond acceptors (Lipinski definition) is 3. The van der Waals surface area contributed by atoms with Crippen LogP contribution in [0.4, 0.5) is 4.39 Å². The van der Waals surface area contributed by atoms with E-state index in [0.29, 0.717) is 17.8 Å². The van der Waals surface area contributed by atoms with Gasteiger partial charge in [0.1, 0.15) is 11.9 Å². The van der Waals surface area contributed by atoms with Gasteiger partial charge in [0.05, 0.1) is 5.69 Å². The first-order chi connectivity index (χ1) is 13.0. The second-order valence-electron chi connectivity index (χ2n) is 7.10. The van der Waals surface area contributed by atoms with Crippen molar-refractivity contribution < 1.29 is 9.18 Å². The predicted octanol–water partition coefficient (Wildman–Crippen LogP) is 3.79. The zero-order chi connectivity index (χ0) is 19.4. The fraction of sp³-hybridized carbons (Fsp3) is 0.476. The highest BCUT2D eigenvalue weighted by atomic mass is 19.1. The molecule has 0 spiro atoms. The van der Waals surface area contributed by atoms with Crippen LogP contribution in [-0.4, -0.2) is 33.2 Å². The summed E-state index contributed by atoms with van der Waals surface area (Å²) < 4.78 is 14.4. The van der Waals surface area contributed by atoms with Crippen LogP contribution in [0.15, 0.2) is 41.2 Å². The maximum atomic E-state index is 13.2. The summed E-state index contributed by atoms with van der Waals surface area (Å²) in [5, 5.41) is 4.39. The van der Waals surface area contributed by atoms with Crippen LogP contribution in [0, 0.1) is 5.82 Å². The lowest BCUT2D eigenvalue weighted by atomic mass is 9.94. The average molecular weight is 371 g/mol. The summed E-state index contributed by atoms with van der Waals surface area (Å²) in [7, 11) is 0. The normalized spacial score (nSPS) is 16.1. The van der Waals surface area contributed by atoms with E-state index in [1.807, 2.05) is 11.8 Å². The molecule has 1 heterocycles. The molecule has 1 aromatic heterocycles. The van der Waals surface area contributed by atoms with Crippen molar-refractivity contribution in [1.82, 2.24) is 14.7 Å². The van der Waals surface area contributed by atoms with Crippen LogP contribution in [0.25, 0.3) is 11.3 Å². The molecule has 1 atom stereocenters. The van der Waals surface area contributed by atoms with Gasteiger partial charge in [-0.25, -0.2) is 9.07 Å². The summed E-state index contributed by atoms with van der Waals surface area (Å²) in [6.45, 7) is 4.32. The van der Waals surface area contributed by atoms with Crippen molar-refractivity contribution in [3.05, 3.63) is 52.6 Å². The van der Waals surface area contributed by atoms with E-state index >= 15 is 0 Å². The van der Waals surface area contributed by atoms with Gasteiger partial charge in [0.25, 0.3) is 5.56 Å². The molecule has 1 saturated carbocycles. The van der Waals surface area contributed by atoms with E-state index in [-0.39, 0.29) is 23.3 Å². The lowest BCUT2D eigenvalue weighted by Crippen LogP contribution is -2.46. The van der Waals surface area contributed by atoms with Crippen molar-refractivity contribution in [3.63, 3.8) is 0 Å². The molecule has 0 aliphatic heterocycles. The van der Waals surface area contributed by atoms with Crippen molar-refractivity contribution >= 4 is 5.91 Å². The smallest absolute Gasteiger partial charge is 0.267 e. The van der Waals surface area contributed by atoms with Gasteiger partial charge in [-0.15, -0.1) is 0 Å². The Morgan fingerprint density at radius 1 is 1.19 bits per heavy atom. The maximum Gasteiger partial charge on any atom is 0.267 e. The third-order valence-corrected chi connectivity index (χ3v) is 5.33. The molecule has 1 unspecified atom stereocenters. The van der Waals surface area contributed by atoms with Gasteiger partial charge < -0.3 is 4.90 Å². The molecule has 1 amide bonds. The first-order valence-corrected chi connectivity index (χ1v) is 9.67. The number of carbonyl (C=O) groups is 1. The van der Waals surface area contributed by atoms with Gasteiger partial charge in [0, 0.05) is 24.2 Å². The Morgan fingerprint density at radius 3 is 2.48 bits per heavy atom. The molecule has 0 radical (unpaired) electrons. The molecule has 0 N–H and O–H groups in total. The molecule has 3 rings (SSSR count). The Kier molecular flexibility index (Phi) is 6.04. The topological polar surface area (TPSA) is 55.2 Å². The molecule has 1 fully saturated rings. The number of likely N-dealkylation sites (N-methyl/N-ethyl adjacent to an activating group) is 1. The molecular formula is C21H26FN3O2. The first kappa shape index (κ1) is 19.3. The Morgan fingerprint density at radius 2 is 1.85 bits per heavy atom. The minimum absolute atomic E-state index is 0.0738. The van der Waals surface area contributed by atoms with Crippen LogP contribution in [0.5, 0.6) is 0 Å². The number of benzene rings is 1. The zero-order valence-corrected chi connectivity index (χ0v) is 15.9. The molecule has 5 nitrogen and oxygen atoms in total. The second-order valence-corrected chi connectivity index (χ2v) is 7.10. The Hall–Kier alpha value is -2.50. The van der Waals surface area contributed by atoms with E-state index < -0.39 is 6.04 Å². The van der Waals surface area contributed by atoms with E-state index in [9.17, 15) is 14.0 Å². The summed E-state index contributed by atoms with van der Waals surface area (Å²) in [6, 6.07) is 8.49. The number of amides is 1. The van der Waals surface area contributed by atoms with Crippen molar-refractivity contribution in [3.8, 4) is 11.3 Å². The standard InChI is InChI=1S/C21H26FN3O2/c1-3-24(18-7-5-4-6-8-18)21(27)15(2)25-20(26)14-13-19(23-25)16-9-11-17(22)12-10-16/h9-15,18H,3-8H2,1-2H3. The van der Waals surface area contributed by atoms with Gasteiger partial charge in [0.2, 0.25) is 5.91 Å². The maximum absolute atomic E-state index is 13.2. The third-order valence-electron chi connectivity index (χ3n) is 5.33. The number of hydrogen-bond donors (Lipinski definition) is 0. The number of nitrogens with zero attached hydrogens (tertiary/aromatic N) is 3. The fourth-order valence-corrected chi connectivity index (χ4v) is 3.81. The quantitative estimate of drug-likeness (QED) is 0.803. The highest BCUT2D eigenvalue weighted by Crippen LogP contribution is 2.24. The lowest BCUT2D eigenvalue weighted by molar-refractivity contribution is -0.137. The van der Waals surface area contributed by atoms with Crippen molar-refractivity contribution in [2.24, 2.45) is 0 Å². The molecule has 144 valence electrons. The molecule has 6 heteroatoms. The zero-order valence-electron chi connectivity index (χ0n) is 15.9. The summed E-state index contributed by atoms with van der Waals surface area (Å²) in [6.07, 6.45) is 5.54.